The first kappa shape index (κ1) is 29.0. The van der Waals surface area contributed by atoms with Gasteiger partial charge in [0.1, 0.15) is 6.04 Å². The lowest BCUT2D eigenvalue weighted by Gasteiger charge is -2.31. The van der Waals surface area contributed by atoms with Gasteiger partial charge in [0.25, 0.3) is 20.2 Å². The number of Topliss-reactive ketones (excluding diaryl/α,β-unsaturated/α-hetero) is 1. The van der Waals surface area contributed by atoms with Crippen LogP contribution in [0.5, 0.6) is 0 Å². The number of nitrogens with zero attached hydrogens (tertiary/aromatic N) is 3. The Morgan fingerprint density at radius 2 is 1.74 bits per heavy atom. The number of hydrogen-bond donors (Lipinski definition) is 2. The number of ether oxygens (including phenoxy) is 1. The first-order valence-electron chi connectivity index (χ1n) is 13.3. The number of rotatable bonds is 9. The predicted molar refractivity (Wildman–Crippen MR) is 139 cm³/mol. The molecule has 2 saturated heterocycles. The minimum atomic E-state index is -3.96. The summed E-state index contributed by atoms with van der Waals surface area (Å²) in [5.74, 6) is -0.801. The number of amides is 1. The monoisotopic (exact) mass is 571 g/mol. The van der Waals surface area contributed by atoms with Crippen LogP contribution in [0.15, 0.2) is 29.4 Å². The zero-order valence-corrected chi connectivity index (χ0v) is 23.1. The van der Waals surface area contributed by atoms with Crippen LogP contribution < -0.4 is 10.0 Å². The van der Waals surface area contributed by atoms with Gasteiger partial charge in [-0.15, -0.1) is 0 Å². The van der Waals surface area contributed by atoms with Crippen molar-refractivity contribution in [1.29, 1.82) is 0 Å². The molecule has 3 heterocycles. The molecule has 2 N–H and O–H groups in total. The Bertz CT molecular complexity index is 1170. The zero-order chi connectivity index (χ0) is 27.2. The fraction of sp³-hybridized carbons (Fsp3) is 0.708. The van der Waals surface area contributed by atoms with Gasteiger partial charge in [0.2, 0.25) is 5.91 Å². The summed E-state index contributed by atoms with van der Waals surface area (Å²) in [5.41, 5.74) is 0. The standard InChI is InChI=1S/C24H37N5O7S2/c30-22-18-29(37(32,33)23-10-4-5-11-25-23)12-6-9-20(22)26-24(31)21(17-19-7-2-1-3-8-19)27-38(34,35)28-13-15-36-16-14-28/h4-5,10-11,19-21,27H,1-3,6-9,12-18H2,(H,26,31). The van der Waals surface area contributed by atoms with Crippen LogP contribution in [0.1, 0.15) is 51.4 Å². The molecule has 212 valence electrons. The molecule has 38 heavy (non-hydrogen) atoms. The van der Waals surface area contributed by atoms with Crippen LogP contribution >= 0.6 is 0 Å². The van der Waals surface area contributed by atoms with Gasteiger partial charge in [-0.05, 0) is 37.3 Å². The van der Waals surface area contributed by atoms with Crippen molar-refractivity contribution in [3.63, 3.8) is 0 Å². The van der Waals surface area contributed by atoms with Gasteiger partial charge in [0.05, 0.1) is 25.8 Å². The van der Waals surface area contributed by atoms with Crippen LogP contribution in [0, 0.1) is 5.92 Å². The van der Waals surface area contributed by atoms with Gasteiger partial charge >= 0.3 is 0 Å². The number of hydrogen-bond acceptors (Lipinski definition) is 8. The normalized spacial score (nSPS) is 24.0. The number of morpholine rings is 1. The van der Waals surface area contributed by atoms with E-state index in [-0.39, 0.29) is 50.2 Å². The van der Waals surface area contributed by atoms with Crippen molar-refractivity contribution >= 4 is 31.9 Å². The van der Waals surface area contributed by atoms with E-state index in [4.69, 9.17) is 4.74 Å². The van der Waals surface area contributed by atoms with Gasteiger partial charge in [-0.1, -0.05) is 38.2 Å². The molecule has 0 radical (unpaired) electrons. The molecule has 2 aliphatic heterocycles. The molecule has 2 unspecified atom stereocenters. The molecule has 12 nitrogen and oxygen atoms in total. The van der Waals surface area contributed by atoms with Crippen molar-refractivity contribution in [2.75, 3.05) is 39.4 Å². The van der Waals surface area contributed by atoms with E-state index in [0.29, 0.717) is 12.8 Å². The van der Waals surface area contributed by atoms with E-state index in [1.165, 1.54) is 16.6 Å². The van der Waals surface area contributed by atoms with E-state index in [2.05, 4.69) is 15.0 Å². The lowest BCUT2D eigenvalue weighted by molar-refractivity contribution is -0.128. The summed E-state index contributed by atoms with van der Waals surface area (Å²) in [6.07, 6.45) is 7.38. The molecule has 4 rings (SSSR count). The largest absolute Gasteiger partial charge is 0.379 e. The third kappa shape index (κ3) is 7.36. The Morgan fingerprint density at radius 1 is 1.00 bits per heavy atom. The van der Waals surface area contributed by atoms with Gasteiger partial charge in [0.15, 0.2) is 10.8 Å². The number of carbonyl (C=O) groups excluding carboxylic acids is 2. The summed E-state index contributed by atoms with van der Waals surface area (Å²) in [5, 5.41) is 2.60. The van der Waals surface area contributed by atoms with Crippen LogP contribution in [0.2, 0.25) is 0 Å². The summed E-state index contributed by atoms with van der Waals surface area (Å²) in [7, 11) is -7.90. The Hall–Kier alpha value is -1.97. The molecule has 1 aromatic heterocycles. The van der Waals surface area contributed by atoms with E-state index < -0.39 is 50.6 Å². The Labute approximate surface area is 224 Å². The highest BCUT2D eigenvalue weighted by atomic mass is 32.2. The second-order valence-corrected chi connectivity index (χ2v) is 13.7. The van der Waals surface area contributed by atoms with Crippen LogP contribution in [0.4, 0.5) is 0 Å². The van der Waals surface area contributed by atoms with Gasteiger partial charge in [-0.2, -0.15) is 21.8 Å². The molecule has 3 fully saturated rings. The quantitative estimate of drug-likeness (QED) is 0.432. The Balaban J connectivity index is 1.45. The van der Waals surface area contributed by atoms with Crippen molar-refractivity contribution in [3.05, 3.63) is 24.4 Å². The summed E-state index contributed by atoms with van der Waals surface area (Å²) in [4.78, 5) is 30.4. The summed E-state index contributed by atoms with van der Waals surface area (Å²) >= 11 is 0. The first-order valence-corrected chi connectivity index (χ1v) is 16.1. The van der Waals surface area contributed by atoms with Crippen molar-refractivity contribution in [2.45, 2.75) is 68.5 Å². The van der Waals surface area contributed by atoms with E-state index in [1.807, 2.05) is 0 Å². The molecule has 1 aliphatic carbocycles. The number of aromatic nitrogens is 1. The fourth-order valence-corrected chi connectivity index (χ4v) is 7.98. The molecule has 0 aromatic carbocycles. The maximum absolute atomic E-state index is 13.4. The van der Waals surface area contributed by atoms with Crippen LogP contribution in [-0.4, -0.2) is 93.6 Å². The number of ketones is 1. The molecule has 2 atom stereocenters. The molecule has 1 saturated carbocycles. The van der Waals surface area contributed by atoms with Gasteiger partial charge in [-0.25, -0.2) is 13.4 Å². The van der Waals surface area contributed by atoms with Crippen molar-refractivity contribution < 1.29 is 31.2 Å². The molecular formula is C24H37N5O7S2. The number of sulfonamides is 1. The molecule has 0 spiro atoms. The average Bonchev–Trinajstić information content (AvgIpc) is 3.11. The summed E-state index contributed by atoms with van der Waals surface area (Å²) in [6.45, 7) is 0.705. The highest BCUT2D eigenvalue weighted by Gasteiger charge is 2.37. The molecular weight excluding hydrogens is 534 g/mol. The predicted octanol–water partition coefficient (Wildman–Crippen LogP) is 0.426. The maximum Gasteiger partial charge on any atom is 0.280 e. The van der Waals surface area contributed by atoms with Gasteiger partial charge < -0.3 is 10.1 Å². The zero-order valence-electron chi connectivity index (χ0n) is 21.5. The molecule has 3 aliphatic rings. The van der Waals surface area contributed by atoms with E-state index in [9.17, 15) is 26.4 Å². The lowest BCUT2D eigenvalue weighted by atomic mass is 9.85. The van der Waals surface area contributed by atoms with Crippen molar-refractivity contribution in [1.82, 2.24) is 23.6 Å². The number of pyridine rings is 1. The lowest BCUT2D eigenvalue weighted by Crippen LogP contribution is -2.56. The topological polar surface area (TPSA) is 155 Å². The Kier molecular flexibility index (Phi) is 9.87. The van der Waals surface area contributed by atoms with Crippen LogP contribution in [-0.2, 0) is 34.6 Å². The number of nitrogens with one attached hydrogen (secondary N) is 2. The van der Waals surface area contributed by atoms with E-state index in [0.717, 1.165) is 36.4 Å². The average molecular weight is 572 g/mol. The first-order chi connectivity index (χ1) is 18.2. The Morgan fingerprint density at radius 3 is 2.42 bits per heavy atom. The third-order valence-electron chi connectivity index (χ3n) is 7.39. The van der Waals surface area contributed by atoms with Crippen LogP contribution in [0.3, 0.4) is 0 Å². The summed E-state index contributed by atoms with van der Waals surface area (Å²) in [6, 6.07) is 2.60. The molecule has 14 heteroatoms. The second-order valence-electron chi connectivity index (χ2n) is 10.1. The minimum Gasteiger partial charge on any atom is -0.379 e. The number of carbonyl (C=O) groups is 2. The van der Waals surface area contributed by atoms with E-state index in [1.54, 1.807) is 12.1 Å². The smallest absolute Gasteiger partial charge is 0.280 e. The van der Waals surface area contributed by atoms with Crippen LogP contribution in [0.25, 0.3) is 0 Å². The SMILES string of the molecule is O=C1CN(S(=O)(=O)c2ccccn2)CCCC1NC(=O)C(CC1CCCCC1)NS(=O)(=O)N1CCOCC1. The van der Waals surface area contributed by atoms with Gasteiger partial charge in [-0.3, -0.25) is 9.59 Å². The third-order valence-corrected chi connectivity index (χ3v) is 10.8. The molecule has 0 bridgehead atoms. The fourth-order valence-electron chi connectivity index (χ4n) is 5.26. The van der Waals surface area contributed by atoms with Crippen molar-refractivity contribution in [2.24, 2.45) is 5.92 Å². The minimum absolute atomic E-state index is 0.117. The van der Waals surface area contributed by atoms with Gasteiger partial charge in [0, 0.05) is 25.8 Å². The summed E-state index contributed by atoms with van der Waals surface area (Å²) < 4.78 is 62.3. The van der Waals surface area contributed by atoms with Crippen molar-refractivity contribution in [3.8, 4) is 0 Å². The highest BCUT2D eigenvalue weighted by molar-refractivity contribution is 7.89. The molecule has 1 aromatic rings. The molecule has 1 amide bonds. The second kappa shape index (κ2) is 12.9. The van der Waals surface area contributed by atoms with E-state index >= 15 is 0 Å². The maximum atomic E-state index is 13.4. The highest BCUT2D eigenvalue weighted by Crippen LogP contribution is 2.28.